The van der Waals surface area contributed by atoms with Crippen molar-refractivity contribution in [2.24, 2.45) is 21.7 Å². The van der Waals surface area contributed by atoms with Crippen molar-refractivity contribution in [3.8, 4) is 0 Å². The Balaban J connectivity index is 1.70. The molecule has 4 saturated heterocycles. The van der Waals surface area contributed by atoms with Crippen molar-refractivity contribution in [2.75, 3.05) is 26.4 Å². The number of ether oxygens (including phenoxy) is 8. The molecule has 4 rings (SSSR count). The topological polar surface area (TPSA) is 210 Å². The molecule has 0 saturated carbocycles. The van der Waals surface area contributed by atoms with Crippen molar-refractivity contribution in [2.45, 2.75) is 117 Å². The van der Waals surface area contributed by atoms with Crippen molar-refractivity contribution in [3.63, 3.8) is 0 Å². The highest BCUT2D eigenvalue weighted by atomic mass is 16.6. The van der Waals surface area contributed by atoms with Gasteiger partial charge in [0, 0.05) is 25.7 Å². The minimum absolute atomic E-state index is 0.0236. The lowest BCUT2D eigenvalue weighted by Crippen LogP contribution is -2.49. The molecule has 0 aromatic carbocycles. The summed E-state index contributed by atoms with van der Waals surface area (Å²) < 4.78 is 42.0. The molecule has 4 aliphatic heterocycles. The molecule has 0 aromatic heterocycles. The largest absolute Gasteiger partial charge is 0.463 e. The van der Waals surface area contributed by atoms with Crippen LogP contribution in [0.15, 0.2) is 0 Å². The lowest BCUT2D eigenvalue weighted by Gasteiger charge is -2.43. The fourth-order valence-electron chi connectivity index (χ4n) is 6.97. The van der Waals surface area contributed by atoms with Gasteiger partial charge in [0.1, 0.15) is 0 Å². The zero-order valence-corrected chi connectivity index (χ0v) is 29.3. The standard InChI is InChI=1S/C34H46O16/c1-7-32(4,28(40)48-20-9-13-44-24(20)36)17-34(6,30(42)50-22-11-15-46-26(22)38)18-33(5,29(41)49-21-10-14-45-25(21)37)16-31(2,3)27(39)47-19-8-12-43-23(19)35/h19-22H,7-18H2,1-6H3. The van der Waals surface area contributed by atoms with E-state index in [2.05, 4.69) is 0 Å². The summed E-state index contributed by atoms with van der Waals surface area (Å²) in [6.07, 6.45) is -5.18. The monoisotopic (exact) mass is 710 g/mol. The van der Waals surface area contributed by atoms with Gasteiger partial charge in [0.2, 0.25) is 24.4 Å². The lowest BCUT2D eigenvalue weighted by atomic mass is 9.61. The summed E-state index contributed by atoms with van der Waals surface area (Å²) in [6.45, 7) is 9.30. The van der Waals surface area contributed by atoms with Crippen LogP contribution in [0.3, 0.4) is 0 Å². The van der Waals surface area contributed by atoms with Crippen LogP contribution < -0.4 is 0 Å². The SMILES string of the molecule is CCC(C)(CC(C)(CC(C)(CC(C)(C)C(=O)OC1CCOC1=O)C(=O)OC1CCOC1=O)C(=O)OC1CCOC1=O)C(=O)OC1CCOC1=O. The van der Waals surface area contributed by atoms with Crippen LogP contribution in [-0.2, 0) is 76.3 Å². The third-order valence-electron chi connectivity index (χ3n) is 9.75. The maximum atomic E-state index is 14.2. The fourth-order valence-corrected chi connectivity index (χ4v) is 6.97. The molecular formula is C34H46O16. The van der Waals surface area contributed by atoms with Gasteiger partial charge in [-0.1, -0.05) is 6.92 Å². The van der Waals surface area contributed by atoms with Crippen molar-refractivity contribution in [1.29, 1.82) is 0 Å². The second-order valence-corrected chi connectivity index (χ2v) is 14.9. The van der Waals surface area contributed by atoms with Gasteiger partial charge in [-0.3, -0.25) is 19.2 Å². The molecule has 0 N–H and O–H groups in total. The van der Waals surface area contributed by atoms with Crippen molar-refractivity contribution >= 4 is 47.8 Å². The molecule has 0 amide bonds. The van der Waals surface area contributed by atoms with Gasteiger partial charge in [0.15, 0.2) is 0 Å². The Labute approximate surface area is 289 Å². The average molecular weight is 711 g/mol. The summed E-state index contributed by atoms with van der Waals surface area (Å²) in [5, 5.41) is 0. The first-order chi connectivity index (χ1) is 23.3. The van der Waals surface area contributed by atoms with Gasteiger partial charge in [-0.25, -0.2) is 19.2 Å². The minimum atomic E-state index is -1.76. The van der Waals surface area contributed by atoms with Crippen molar-refractivity contribution < 1.29 is 76.3 Å². The van der Waals surface area contributed by atoms with Crippen LogP contribution in [-0.4, -0.2) is 98.6 Å². The zero-order chi connectivity index (χ0) is 37.1. The molecule has 16 heteroatoms. The molecule has 278 valence electrons. The Morgan fingerprint density at radius 3 is 1.08 bits per heavy atom. The van der Waals surface area contributed by atoms with Crippen LogP contribution in [0, 0.1) is 21.7 Å². The van der Waals surface area contributed by atoms with Gasteiger partial charge in [0.25, 0.3) is 0 Å². The lowest BCUT2D eigenvalue weighted by molar-refractivity contribution is -0.182. The molecular weight excluding hydrogens is 664 g/mol. The zero-order valence-electron chi connectivity index (χ0n) is 29.3. The third kappa shape index (κ3) is 8.55. The molecule has 50 heavy (non-hydrogen) atoms. The van der Waals surface area contributed by atoms with E-state index in [0.717, 1.165) is 0 Å². The summed E-state index contributed by atoms with van der Waals surface area (Å²) in [7, 11) is 0. The number of hydrogen-bond donors (Lipinski definition) is 0. The minimum Gasteiger partial charge on any atom is -0.463 e. The van der Waals surface area contributed by atoms with Crippen LogP contribution >= 0.6 is 0 Å². The van der Waals surface area contributed by atoms with Crippen LogP contribution in [0.1, 0.15) is 92.9 Å². The van der Waals surface area contributed by atoms with E-state index in [9.17, 15) is 38.4 Å². The normalized spacial score (nSPS) is 27.1. The van der Waals surface area contributed by atoms with E-state index in [1.54, 1.807) is 6.92 Å². The van der Waals surface area contributed by atoms with Crippen LogP contribution in [0.2, 0.25) is 0 Å². The molecule has 0 aliphatic carbocycles. The number of rotatable bonds is 15. The predicted octanol–water partition coefficient (Wildman–Crippen LogP) is 2.05. The first-order valence-electron chi connectivity index (χ1n) is 16.8. The molecule has 4 heterocycles. The van der Waals surface area contributed by atoms with E-state index in [1.165, 1.54) is 34.6 Å². The van der Waals surface area contributed by atoms with Gasteiger partial charge in [-0.05, 0) is 60.3 Å². The molecule has 4 aliphatic rings. The Bertz CT molecular complexity index is 1400. The molecule has 7 atom stereocenters. The van der Waals surface area contributed by atoms with E-state index in [-0.39, 0.29) is 71.4 Å². The summed E-state index contributed by atoms with van der Waals surface area (Å²) in [4.78, 5) is 104. The van der Waals surface area contributed by atoms with E-state index in [0.29, 0.717) is 0 Å². The first kappa shape index (κ1) is 38.6. The van der Waals surface area contributed by atoms with Crippen LogP contribution in [0.25, 0.3) is 0 Å². The Morgan fingerprint density at radius 1 is 0.500 bits per heavy atom. The summed E-state index contributed by atoms with van der Waals surface area (Å²) in [6, 6.07) is 0. The number of carbonyl (C=O) groups excluding carboxylic acids is 8. The van der Waals surface area contributed by atoms with Gasteiger partial charge in [-0.15, -0.1) is 0 Å². The second kappa shape index (κ2) is 14.9. The number of carbonyl (C=O) groups is 8. The van der Waals surface area contributed by atoms with Crippen molar-refractivity contribution in [1.82, 2.24) is 0 Å². The third-order valence-corrected chi connectivity index (χ3v) is 9.75. The van der Waals surface area contributed by atoms with Gasteiger partial charge in [-0.2, -0.15) is 0 Å². The number of esters is 8. The fraction of sp³-hybridized carbons (Fsp3) is 0.765. The highest BCUT2D eigenvalue weighted by molar-refractivity contribution is 5.88. The number of cyclic esters (lactones) is 4. The van der Waals surface area contributed by atoms with Gasteiger partial charge < -0.3 is 37.9 Å². The second-order valence-electron chi connectivity index (χ2n) is 14.9. The highest BCUT2D eigenvalue weighted by Gasteiger charge is 2.55. The molecule has 4 fully saturated rings. The van der Waals surface area contributed by atoms with Crippen LogP contribution in [0.5, 0.6) is 0 Å². The number of hydrogen-bond acceptors (Lipinski definition) is 16. The molecule has 0 radical (unpaired) electrons. The molecule has 16 nitrogen and oxygen atoms in total. The Kier molecular flexibility index (Phi) is 11.5. The van der Waals surface area contributed by atoms with Crippen LogP contribution in [0.4, 0.5) is 0 Å². The average Bonchev–Trinajstić information content (AvgIpc) is 3.84. The quantitative estimate of drug-likeness (QED) is 0.176. The molecule has 0 bridgehead atoms. The van der Waals surface area contributed by atoms with Gasteiger partial charge in [0.05, 0.1) is 48.1 Å². The van der Waals surface area contributed by atoms with Crippen molar-refractivity contribution in [3.05, 3.63) is 0 Å². The maximum Gasteiger partial charge on any atom is 0.347 e. The van der Waals surface area contributed by atoms with E-state index >= 15 is 0 Å². The predicted molar refractivity (Wildman–Crippen MR) is 164 cm³/mol. The maximum absolute atomic E-state index is 14.2. The highest BCUT2D eigenvalue weighted by Crippen LogP contribution is 2.50. The summed E-state index contributed by atoms with van der Waals surface area (Å²) in [5.41, 5.74) is -6.45. The Hall–Kier alpha value is -4.24. The van der Waals surface area contributed by atoms with Gasteiger partial charge >= 0.3 is 47.8 Å². The van der Waals surface area contributed by atoms with E-state index in [4.69, 9.17) is 37.9 Å². The first-order valence-corrected chi connectivity index (χ1v) is 16.8. The molecule has 0 aromatic rings. The summed E-state index contributed by atoms with van der Waals surface area (Å²) >= 11 is 0. The van der Waals surface area contributed by atoms with E-state index < -0.39 is 100 Å². The molecule has 0 spiro atoms. The van der Waals surface area contributed by atoms with E-state index in [1.807, 2.05) is 0 Å². The smallest absolute Gasteiger partial charge is 0.347 e. The summed E-state index contributed by atoms with van der Waals surface area (Å²) in [5.74, 6) is -6.42. The molecule has 7 unspecified atom stereocenters. The Morgan fingerprint density at radius 2 is 0.780 bits per heavy atom.